The third-order valence-corrected chi connectivity index (χ3v) is 3.41. The smallest absolute Gasteiger partial charge is 0.227 e. The highest BCUT2D eigenvalue weighted by molar-refractivity contribution is 5.96. The fraction of sp³-hybridized carbons (Fsp3) is 0.533. The standard InChI is InChI=1S/C15H21FN2O/c1-2-8-17-9-3-10-18-14-11-13(16)6-4-12(14)5-7-15(18)19/h4,6,11,17H,2-3,5,7-10H2,1H3. The van der Waals surface area contributed by atoms with Crippen LogP contribution >= 0.6 is 0 Å². The van der Waals surface area contributed by atoms with Crippen LogP contribution in [0, 0.1) is 5.82 Å². The number of benzene rings is 1. The summed E-state index contributed by atoms with van der Waals surface area (Å²) in [5.74, 6) is -0.170. The molecule has 0 unspecified atom stereocenters. The van der Waals surface area contributed by atoms with Crippen molar-refractivity contribution in [3.8, 4) is 0 Å². The zero-order valence-corrected chi connectivity index (χ0v) is 11.4. The zero-order chi connectivity index (χ0) is 13.7. The summed E-state index contributed by atoms with van der Waals surface area (Å²) in [5, 5.41) is 3.31. The molecule has 0 fully saturated rings. The molecule has 0 saturated heterocycles. The van der Waals surface area contributed by atoms with E-state index in [0.717, 1.165) is 43.6 Å². The van der Waals surface area contributed by atoms with Crippen molar-refractivity contribution in [3.63, 3.8) is 0 Å². The van der Waals surface area contributed by atoms with E-state index in [1.54, 1.807) is 11.0 Å². The molecule has 104 valence electrons. The number of hydrogen-bond acceptors (Lipinski definition) is 2. The van der Waals surface area contributed by atoms with E-state index in [2.05, 4.69) is 12.2 Å². The number of fused-ring (bicyclic) bond motifs is 1. The van der Waals surface area contributed by atoms with E-state index in [4.69, 9.17) is 0 Å². The Morgan fingerprint density at radius 3 is 2.95 bits per heavy atom. The van der Waals surface area contributed by atoms with Gasteiger partial charge in [0.15, 0.2) is 0 Å². The van der Waals surface area contributed by atoms with Crippen LogP contribution in [0.4, 0.5) is 10.1 Å². The van der Waals surface area contributed by atoms with Gasteiger partial charge in [0, 0.05) is 18.7 Å². The van der Waals surface area contributed by atoms with Crippen LogP contribution < -0.4 is 10.2 Å². The van der Waals surface area contributed by atoms with E-state index >= 15 is 0 Å². The van der Waals surface area contributed by atoms with Crippen LogP contribution in [0.15, 0.2) is 18.2 Å². The maximum atomic E-state index is 13.3. The summed E-state index contributed by atoms with van der Waals surface area (Å²) in [7, 11) is 0. The molecule has 0 atom stereocenters. The van der Waals surface area contributed by atoms with Crippen LogP contribution in [0.2, 0.25) is 0 Å². The number of rotatable bonds is 6. The van der Waals surface area contributed by atoms with Gasteiger partial charge in [0.25, 0.3) is 0 Å². The third-order valence-electron chi connectivity index (χ3n) is 3.41. The number of carbonyl (C=O) groups is 1. The fourth-order valence-corrected chi connectivity index (χ4v) is 2.42. The molecule has 1 aliphatic heterocycles. The third kappa shape index (κ3) is 3.53. The molecule has 0 bridgehead atoms. The van der Waals surface area contributed by atoms with Gasteiger partial charge in [-0.25, -0.2) is 4.39 Å². The largest absolute Gasteiger partial charge is 0.317 e. The molecule has 0 saturated carbocycles. The van der Waals surface area contributed by atoms with Crippen molar-refractivity contribution in [3.05, 3.63) is 29.6 Å². The molecule has 1 aromatic carbocycles. The molecule has 1 N–H and O–H groups in total. The molecule has 4 heteroatoms. The Morgan fingerprint density at radius 1 is 1.32 bits per heavy atom. The van der Waals surface area contributed by atoms with Crippen LogP contribution in [-0.4, -0.2) is 25.5 Å². The van der Waals surface area contributed by atoms with E-state index in [0.29, 0.717) is 13.0 Å². The summed E-state index contributed by atoms with van der Waals surface area (Å²) >= 11 is 0. The number of aryl methyl sites for hydroxylation is 1. The number of halogens is 1. The Bertz CT molecular complexity index is 448. The number of amides is 1. The summed E-state index contributed by atoms with van der Waals surface area (Å²) in [5.41, 5.74) is 1.83. The van der Waals surface area contributed by atoms with Gasteiger partial charge in [0.05, 0.1) is 0 Å². The molecule has 19 heavy (non-hydrogen) atoms. The van der Waals surface area contributed by atoms with E-state index in [1.807, 2.05) is 0 Å². The summed E-state index contributed by atoms with van der Waals surface area (Å²) in [4.78, 5) is 13.7. The van der Waals surface area contributed by atoms with Gasteiger partial charge in [0.2, 0.25) is 5.91 Å². The minimum atomic E-state index is -0.275. The van der Waals surface area contributed by atoms with Gasteiger partial charge in [-0.3, -0.25) is 4.79 Å². The van der Waals surface area contributed by atoms with E-state index in [9.17, 15) is 9.18 Å². The van der Waals surface area contributed by atoms with Gasteiger partial charge in [-0.2, -0.15) is 0 Å². The minimum absolute atomic E-state index is 0.105. The quantitative estimate of drug-likeness (QED) is 0.801. The van der Waals surface area contributed by atoms with Gasteiger partial charge >= 0.3 is 0 Å². The van der Waals surface area contributed by atoms with Crippen molar-refractivity contribution in [1.82, 2.24) is 5.32 Å². The molecule has 0 radical (unpaired) electrons. The Balaban J connectivity index is 1.99. The molecular weight excluding hydrogens is 243 g/mol. The van der Waals surface area contributed by atoms with Gasteiger partial charge in [-0.05, 0) is 50.0 Å². The lowest BCUT2D eigenvalue weighted by Gasteiger charge is -2.29. The molecular formula is C15H21FN2O. The second-order valence-corrected chi connectivity index (χ2v) is 4.92. The topological polar surface area (TPSA) is 32.3 Å². The molecule has 0 aliphatic carbocycles. The Labute approximate surface area is 113 Å². The number of hydrogen-bond donors (Lipinski definition) is 1. The highest BCUT2D eigenvalue weighted by Crippen LogP contribution is 2.28. The molecule has 1 amide bonds. The van der Waals surface area contributed by atoms with E-state index in [1.165, 1.54) is 12.1 Å². The van der Waals surface area contributed by atoms with Gasteiger partial charge < -0.3 is 10.2 Å². The Hall–Kier alpha value is -1.42. The van der Waals surface area contributed by atoms with Gasteiger partial charge in [0.1, 0.15) is 5.82 Å². The van der Waals surface area contributed by atoms with Crippen molar-refractivity contribution < 1.29 is 9.18 Å². The predicted molar refractivity (Wildman–Crippen MR) is 74.9 cm³/mol. The van der Waals surface area contributed by atoms with Crippen LogP contribution in [0.5, 0.6) is 0 Å². The summed E-state index contributed by atoms with van der Waals surface area (Å²) < 4.78 is 13.3. The molecule has 3 nitrogen and oxygen atoms in total. The second kappa shape index (κ2) is 6.66. The molecule has 1 aliphatic rings. The van der Waals surface area contributed by atoms with Gasteiger partial charge in [-0.1, -0.05) is 13.0 Å². The molecule has 0 aromatic heterocycles. The first kappa shape index (κ1) is 14.0. The number of carbonyl (C=O) groups excluding carboxylic acids is 1. The average molecular weight is 264 g/mol. The highest BCUT2D eigenvalue weighted by atomic mass is 19.1. The maximum Gasteiger partial charge on any atom is 0.227 e. The number of nitrogens with zero attached hydrogens (tertiary/aromatic N) is 1. The second-order valence-electron chi connectivity index (χ2n) is 4.92. The van der Waals surface area contributed by atoms with Crippen molar-refractivity contribution in [1.29, 1.82) is 0 Å². The fourth-order valence-electron chi connectivity index (χ4n) is 2.42. The van der Waals surface area contributed by atoms with Crippen molar-refractivity contribution >= 4 is 11.6 Å². The van der Waals surface area contributed by atoms with Crippen LogP contribution in [0.1, 0.15) is 31.7 Å². The lowest BCUT2D eigenvalue weighted by Crippen LogP contribution is -2.37. The number of nitrogens with one attached hydrogen (secondary N) is 1. The van der Waals surface area contributed by atoms with Gasteiger partial charge in [-0.15, -0.1) is 0 Å². The monoisotopic (exact) mass is 264 g/mol. The molecule has 0 spiro atoms. The van der Waals surface area contributed by atoms with Crippen molar-refractivity contribution in [2.45, 2.75) is 32.6 Å². The summed E-state index contributed by atoms with van der Waals surface area (Å²) in [6, 6.07) is 4.74. The molecule has 1 aromatic rings. The predicted octanol–water partition coefficient (Wildman–Crippen LogP) is 2.49. The van der Waals surface area contributed by atoms with E-state index in [-0.39, 0.29) is 11.7 Å². The zero-order valence-electron chi connectivity index (χ0n) is 11.4. The van der Waals surface area contributed by atoms with Crippen LogP contribution in [0.25, 0.3) is 0 Å². The SMILES string of the molecule is CCCNCCCN1C(=O)CCc2ccc(F)cc21. The van der Waals surface area contributed by atoms with Crippen LogP contribution in [0.3, 0.4) is 0 Å². The first-order valence-corrected chi connectivity index (χ1v) is 7.02. The van der Waals surface area contributed by atoms with Crippen molar-refractivity contribution in [2.75, 3.05) is 24.5 Å². The number of anilines is 1. The maximum absolute atomic E-state index is 13.3. The van der Waals surface area contributed by atoms with Crippen LogP contribution in [-0.2, 0) is 11.2 Å². The first-order valence-electron chi connectivity index (χ1n) is 7.02. The normalized spacial score (nSPS) is 14.6. The summed E-state index contributed by atoms with van der Waals surface area (Å²) in [6.45, 7) is 4.67. The molecule has 1 heterocycles. The first-order chi connectivity index (χ1) is 9.22. The Morgan fingerprint density at radius 2 is 2.16 bits per heavy atom. The Kier molecular flexibility index (Phi) is 4.91. The average Bonchev–Trinajstić information content (AvgIpc) is 2.40. The lowest BCUT2D eigenvalue weighted by molar-refractivity contribution is -0.118. The van der Waals surface area contributed by atoms with E-state index < -0.39 is 0 Å². The minimum Gasteiger partial charge on any atom is -0.317 e. The lowest BCUT2D eigenvalue weighted by atomic mass is 10.0. The molecule has 2 rings (SSSR count). The highest BCUT2D eigenvalue weighted by Gasteiger charge is 2.23. The summed E-state index contributed by atoms with van der Waals surface area (Å²) in [6.07, 6.45) is 3.25. The van der Waals surface area contributed by atoms with Crippen molar-refractivity contribution in [2.24, 2.45) is 0 Å².